The highest BCUT2D eigenvalue weighted by Crippen LogP contribution is 2.14. The Bertz CT molecular complexity index is 874. The van der Waals surface area contributed by atoms with Gasteiger partial charge in [-0.3, -0.25) is 25.2 Å². The average molecular weight is 396 g/mol. The Hall–Kier alpha value is -3.35. The predicted octanol–water partition coefficient (Wildman–Crippen LogP) is 2.34. The van der Waals surface area contributed by atoms with Crippen LogP contribution in [0, 0.1) is 13.8 Å². The van der Waals surface area contributed by atoms with Crippen molar-refractivity contribution in [1.82, 2.24) is 16.2 Å². The lowest BCUT2D eigenvalue weighted by Crippen LogP contribution is -2.46. The second kappa shape index (κ2) is 10.3. The third-order valence-corrected chi connectivity index (χ3v) is 4.75. The number of aryl methyl sites for hydroxylation is 2. The summed E-state index contributed by atoms with van der Waals surface area (Å²) in [5.74, 6) is -1.29. The normalized spacial score (nSPS) is 10.2. The van der Waals surface area contributed by atoms with Gasteiger partial charge >= 0.3 is 0 Å². The largest absolute Gasteiger partial charge is 0.372 e. The van der Waals surface area contributed by atoms with Crippen molar-refractivity contribution in [3.63, 3.8) is 0 Å². The third kappa shape index (κ3) is 6.07. The van der Waals surface area contributed by atoms with Crippen LogP contribution in [0.5, 0.6) is 0 Å². The van der Waals surface area contributed by atoms with E-state index in [1.54, 1.807) is 24.3 Å². The van der Waals surface area contributed by atoms with Crippen molar-refractivity contribution in [1.29, 1.82) is 0 Å². The first-order valence-electron chi connectivity index (χ1n) is 9.65. The Balaban J connectivity index is 1.81. The zero-order chi connectivity index (χ0) is 21.4. The summed E-state index contributed by atoms with van der Waals surface area (Å²) in [5.41, 5.74) is 8.70. The van der Waals surface area contributed by atoms with Gasteiger partial charge in [0, 0.05) is 29.9 Å². The van der Waals surface area contributed by atoms with Crippen molar-refractivity contribution >= 4 is 23.4 Å². The Kier molecular flexibility index (Phi) is 7.77. The summed E-state index contributed by atoms with van der Waals surface area (Å²) in [6.45, 7) is 9.54. The molecule has 0 radical (unpaired) electrons. The molecule has 0 spiro atoms. The van der Waals surface area contributed by atoms with Crippen LogP contribution < -0.4 is 21.1 Å². The van der Waals surface area contributed by atoms with Crippen molar-refractivity contribution in [2.45, 2.75) is 27.7 Å². The molecule has 0 aliphatic rings. The van der Waals surface area contributed by atoms with E-state index in [1.807, 2.05) is 32.0 Å². The standard InChI is InChI=1S/C22H28N4O3/c1-5-26(6-2)19-11-9-17(10-12-19)22(29)25-24-20(27)14-23-21(28)18-8-7-15(3)16(4)13-18/h7-13H,5-6,14H2,1-4H3,(H,23,28)(H,24,27)(H,25,29). The smallest absolute Gasteiger partial charge is 0.269 e. The number of anilines is 1. The summed E-state index contributed by atoms with van der Waals surface area (Å²) in [6.07, 6.45) is 0. The molecule has 0 aliphatic heterocycles. The van der Waals surface area contributed by atoms with Crippen molar-refractivity contribution < 1.29 is 14.4 Å². The summed E-state index contributed by atoms with van der Waals surface area (Å²) >= 11 is 0. The number of carbonyl (C=O) groups excluding carboxylic acids is 3. The Morgan fingerprint density at radius 2 is 1.41 bits per heavy atom. The minimum atomic E-state index is -0.518. The van der Waals surface area contributed by atoms with E-state index in [0.717, 1.165) is 29.9 Å². The van der Waals surface area contributed by atoms with Crippen molar-refractivity contribution in [2.75, 3.05) is 24.5 Å². The molecule has 0 atom stereocenters. The van der Waals surface area contributed by atoms with E-state index >= 15 is 0 Å². The summed E-state index contributed by atoms with van der Waals surface area (Å²) in [6, 6.07) is 12.5. The van der Waals surface area contributed by atoms with Gasteiger partial charge in [0.2, 0.25) is 0 Å². The van der Waals surface area contributed by atoms with Crippen molar-refractivity contribution in [2.24, 2.45) is 0 Å². The fourth-order valence-electron chi connectivity index (χ4n) is 2.80. The highest BCUT2D eigenvalue weighted by molar-refractivity contribution is 5.98. The lowest BCUT2D eigenvalue weighted by Gasteiger charge is -2.21. The van der Waals surface area contributed by atoms with Crippen LogP contribution in [0.1, 0.15) is 45.7 Å². The zero-order valence-corrected chi connectivity index (χ0v) is 17.3. The number of hydrogen-bond donors (Lipinski definition) is 3. The van der Waals surface area contributed by atoms with E-state index in [-0.39, 0.29) is 12.5 Å². The topological polar surface area (TPSA) is 90.5 Å². The van der Waals surface area contributed by atoms with Crippen LogP contribution in [0.25, 0.3) is 0 Å². The summed E-state index contributed by atoms with van der Waals surface area (Å²) < 4.78 is 0. The maximum atomic E-state index is 12.2. The number of hydrogen-bond acceptors (Lipinski definition) is 4. The molecule has 0 heterocycles. The van der Waals surface area contributed by atoms with Crippen LogP contribution >= 0.6 is 0 Å². The quantitative estimate of drug-likeness (QED) is 0.627. The number of carbonyl (C=O) groups is 3. The molecule has 2 aromatic rings. The molecule has 3 amide bonds. The number of nitrogens with zero attached hydrogens (tertiary/aromatic N) is 1. The van der Waals surface area contributed by atoms with Gasteiger partial charge in [0.1, 0.15) is 0 Å². The molecule has 0 aromatic heterocycles. The fourth-order valence-corrected chi connectivity index (χ4v) is 2.80. The molecule has 7 nitrogen and oxygen atoms in total. The third-order valence-electron chi connectivity index (χ3n) is 4.75. The molecule has 0 fully saturated rings. The van der Waals surface area contributed by atoms with Crippen LogP contribution in [0.3, 0.4) is 0 Å². The SMILES string of the molecule is CCN(CC)c1ccc(C(=O)NNC(=O)CNC(=O)c2ccc(C)c(C)c2)cc1. The van der Waals surface area contributed by atoms with Crippen LogP contribution in [-0.2, 0) is 4.79 Å². The minimum absolute atomic E-state index is 0.243. The van der Waals surface area contributed by atoms with Gasteiger partial charge in [0.05, 0.1) is 6.54 Å². The predicted molar refractivity (Wildman–Crippen MR) is 114 cm³/mol. The second-order valence-corrected chi connectivity index (χ2v) is 6.70. The first-order valence-corrected chi connectivity index (χ1v) is 9.65. The van der Waals surface area contributed by atoms with Gasteiger partial charge in [-0.25, -0.2) is 0 Å². The van der Waals surface area contributed by atoms with E-state index in [1.165, 1.54) is 0 Å². The molecule has 0 saturated carbocycles. The van der Waals surface area contributed by atoms with E-state index < -0.39 is 11.8 Å². The van der Waals surface area contributed by atoms with Gasteiger partial charge in [-0.1, -0.05) is 6.07 Å². The molecular weight excluding hydrogens is 368 g/mol. The second-order valence-electron chi connectivity index (χ2n) is 6.70. The molecular formula is C22H28N4O3. The lowest BCUT2D eigenvalue weighted by atomic mass is 10.1. The van der Waals surface area contributed by atoms with Crippen LogP contribution in [-0.4, -0.2) is 37.4 Å². The Morgan fingerprint density at radius 3 is 2.00 bits per heavy atom. The maximum Gasteiger partial charge on any atom is 0.269 e. The van der Waals surface area contributed by atoms with Gasteiger partial charge in [-0.2, -0.15) is 0 Å². The number of benzene rings is 2. The summed E-state index contributed by atoms with van der Waals surface area (Å²) in [4.78, 5) is 38.4. The van der Waals surface area contributed by atoms with E-state index in [9.17, 15) is 14.4 Å². The van der Waals surface area contributed by atoms with Gasteiger partial charge < -0.3 is 10.2 Å². The van der Waals surface area contributed by atoms with Crippen LogP contribution in [0.2, 0.25) is 0 Å². The molecule has 0 unspecified atom stereocenters. The lowest BCUT2D eigenvalue weighted by molar-refractivity contribution is -0.120. The number of amides is 3. The summed E-state index contributed by atoms with van der Waals surface area (Å²) in [5, 5.41) is 2.53. The van der Waals surface area contributed by atoms with Gasteiger partial charge in [-0.15, -0.1) is 0 Å². The highest BCUT2D eigenvalue weighted by atomic mass is 16.2. The molecule has 0 bridgehead atoms. The average Bonchev–Trinajstić information content (AvgIpc) is 2.73. The molecule has 2 aromatic carbocycles. The van der Waals surface area contributed by atoms with E-state index in [4.69, 9.17) is 0 Å². The Labute approximate surface area is 171 Å². The van der Waals surface area contributed by atoms with Crippen LogP contribution in [0.4, 0.5) is 5.69 Å². The van der Waals surface area contributed by atoms with E-state index in [0.29, 0.717) is 11.1 Å². The molecule has 2 rings (SSSR count). The number of nitrogens with one attached hydrogen (secondary N) is 3. The highest BCUT2D eigenvalue weighted by Gasteiger charge is 2.11. The van der Waals surface area contributed by atoms with Gasteiger partial charge in [0.15, 0.2) is 0 Å². The first-order chi connectivity index (χ1) is 13.8. The summed E-state index contributed by atoms with van der Waals surface area (Å²) in [7, 11) is 0. The molecule has 154 valence electrons. The van der Waals surface area contributed by atoms with Crippen molar-refractivity contribution in [3.05, 3.63) is 64.7 Å². The maximum absolute atomic E-state index is 12.2. The van der Waals surface area contributed by atoms with Crippen molar-refractivity contribution in [3.8, 4) is 0 Å². The molecule has 7 heteroatoms. The molecule has 0 saturated heterocycles. The van der Waals surface area contributed by atoms with E-state index in [2.05, 4.69) is 34.9 Å². The molecule has 0 aliphatic carbocycles. The number of hydrazine groups is 1. The first kappa shape index (κ1) is 21.9. The van der Waals surface area contributed by atoms with Gasteiger partial charge in [-0.05, 0) is 75.2 Å². The Morgan fingerprint density at radius 1 is 0.793 bits per heavy atom. The van der Waals surface area contributed by atoms with Crippen LogP contribution in [0.15, 0.2) is 42.5 Å². The van der Waals surface area contributed by atoms with Gasteiger partial charge in [0.25, 0.3) is 17.7 Å². The molecule has 29 heavy (non-hydrogen) atoms. The number of rotatable bonds is 7. The molecule has 3 N–H and O–H groups in total. The minimum Gasteiger partial charge on any atom is -0.372 e. The monoisotopic (exact) mass is 396 g/mol. The zero-order valence-electron chi connectivity index (χ0n) is 17.3. The fraction of sp³-hybridized carbons (Fsp3) is 0.318.